The van der Waals surface area contributed by atoms with E-state index in [1.165, 1.54) is 36.0 Å². The molecule has 4 heteroatoms. The number of likely N-dealkylation sites (tertiary alicyclic amines) is 2. The molecule has 1 unspecified atom stereocenters. The SMILES string of the molecule is O=C(c1ccncc1)N1CCCC2(CCCN2Cc2ccc(-c3ccccc3)cc2)C1. The lowest BCUT2D eigenvalue weighted by molar-refractivity contribution is 0.0296. The van der Waals surface area contributed by atoms with Crippen molar-refractivity contribution in [2.45, 2.75) is 37.8 Å². The highest BCUT2D eigenvalue weighted by molar-refractivity contribution is 5.94. The maximum absolute atomic E-state index is 13.1. The number of carbonyl (C=O) groups is 1. The van der Waals surface area contributed by atoms with Crippen molar-refractivity contribution >= 4 is 5.91 Å². The third-order valence-electron chi connectivity index (χ3n) is 6.95. The second-order valence-electron chi connectivity index (χ2n) is 8.88. The Kier molecular flexibility index (Phi) is 5.56. The van der Waals surface area contributed by atoms with Crippen molar-refractivity contribution in [1.82, 2.24) is 14.8 Å². The lowest BCUT2D eigenvalue weighted by atomic mass is 9.85. The van der Waals surface area contributed by atoms with E-state index in [1.807, 2.05) is 12.1 Å². The Bertz CT molecular complexity index is 1020. The average molecular weight is 412 g/mol. The molecule has 1 atom stereocenters. The summed E-state index contributed by atoms with van der Waals surface area (Å²) < 4.78 is 0. The van der Waals surface area contributed by atoms with E-state index in [1.54, 1.807) is 12.4 Å². The minimum absolute atomic E-state index is 0.110. The van der Waals surface area contributed by atoms with Crippen LogP contribution in [0, 0.1) is 0 Å². The van der Waals surface area contributed by atoms with Gasteiger partial charge in [0.25, 0.3) is 5.91 Å². The van der Waals surface area contributed by atoms with Gasteiger partial charge in [-0.25, -0.2) is 0 Å². The van der Waals surface area contributed by atoms with Crippen molar-refractivity contribution in [2.75, 3.05) is 19.6 Å². The van der Waals surface area contributed by atoms with E-state index in [9.17, 15) is 4.79 Å². The number of benzene rings is 2. The zero-order valence-electron chi connectivity index (χ0n) is 17.9. The fourth-order valence-electron chi connectivity index (χ4n) is 5.32. The van der Waals surface area contributed by atoms with Gasteiger partial charge in [0.05, 0.1) is 0 Å². The third kappa shape index (κ3) is 4.13. The quantitative estimate of drug-likeness (QED) is 0.605. The molecule has 158 valence electrons. The van der Waals surface area contributed by atoms with E-state index < -0.39 is 0 Å². The van der Waals surface area contributed by atoms with Gasteiger partial charge in [-0.1, -0.05) is 54.6 Å². The van der Waals surface area contributed by atoms with Gasteiger partial charge in [-0.05, 0) is 61.1 Å². The maximum atomic E-state index is 13.1. The Morgan fingerprint density at radius 3 is 2.26 bits per heavy atom. The molecule has 3 heterocycles. The first-order valence-corrected chi connectivity index (χ1v) is 11.3. The topological polar surface area (TPSA) is 36.4 Å². The van der Waals surface area contributed by atoms with Gasteiger partial charge in [-0.15, -0.1) is 0 Å². The van der Waals surface area contributed by atoms with Gasteiger partial charge in [0.1, 0.15) is 0 Å². The van der Waals surface area contributed by atoms with Crippen LogP contribution in [0.3, 0.4) is 0 Å². The first-order chi connectivity index (χ1) is 15.2. The average Bonchev–Trinajstić information content (AvgIpc) is 3.21. The minimum Gasteiger partial charge on any atom is -0.337 e. The van der Waals surface area contributed by atoms with Crippen molar-refractivity contribution in [3.63, 3.8) is 0 Å². The number of amides is 1. The van der Waals surface area contributed by atoms with Crippen LogP contribution in [-0.4, -0.2) is 45.9 Å². The van der Waals surface area contributed by atoms with Crippen LogP contribution in [0.15, 0.2) is 79.1 Å². The fraction of sp³-hybridized carbons (Fsp3) is 0.333. The van der Waals surface area contributed by atoms with Crippen LogP contribution in [0.5, 0.6) is 0 Å². The predicted octanol–water partition coefficient (Wildman–Crippen LogP) is 5.02. The summed E-state index contributed by atoms with van der Waals surface area (Å²) in [6, 6.07) is 23.2. The molecule has 4 nitrogen and oxygen atoms in total. The van der Waals surface area contributed by atoms with Gasteiger partial charge in [-0.3, -0.25) is 14.7 Å². The Balaban J connectivity index is 1.30. The Morgan fingerprint density at radius 1 is 0.839 bits per heavy atom. The summed E-state index contributed by atoms with van der Waals surface area (Å²) in [6.45, 7) is 3.74. The first-order valence-electron chi connectivity index (χ1n) is 11.3. The van der Waals surface area contributed by atoms with E-state index in [0.29, 0.717) is 0 Å². The summed E-state index contributed by atoms with van der Waals surface area (Å²) in [7, 11) is 0. The van der Waals surface area contributed by atoms with E-state index in [-0.39, 0.29) is 11.4 Å². The molecule has 0 N–H and O–H groups in total. The number of aromatic nitrogens is 1. The highest BCUT2D eigenvalue weighted by Crippen LogP contribution is 2.38. The van der Waals surface area contributed by atoms with Crippen molar-refractivity contribution < 1.29 is 4.79 Å². The molecular weight excluding hydrogens is 382 g/mol. The summed E-state index contributed by atoms with van der Waals surface area (Å²) in [5.74, 6) is 0.139. The van der Waals surface area contributed by atoms with Crippen LogP contribution in [0.1, 0.15) is 41.6 Å². The normalized spacial score (nSPS) is 21.5. The van der Waals surface area contributed by atoms with E-state index in [0.717, 1.165) is 38.2 Å². The van der Waals surface area contributed by atoms with Crippen LogP contribution in [-0.2, 0) is 6.54 Å². The molecule has 31 heavy (non-hydrogen) atoms. The van der Waals surface area contributed by atoms with Gasteiger partial charge < -0.3 is 4.90 Å². The van der Waals surface area contributed by atoms with Crippen LogP contribution >= 0.6 is 0 Å². The molecule has 2 aliphatic heterocycles. The summed E-state index contributed by atoms with van der Waals surface area (Å²) in [5, 5.41) is 0. The molecule has 0 saturated carbocycles. The lowest BCUT2D eigenvalue weighted by Gasteiger charge is -2.46. The number of hydrogen-bond acceptors (Lipinski definition) is 3. The van der Waals surface area contributed by atoms with Gasteiger partial charge in [0.15, 0.2) is 0 Å². The smallest absolute Gasteiger partial charge is 0.254 e. The van der Waals surface area contributed by atoms with Gasteiger partial charge in [0, 0.05) is 43.1 Å². The summed E-state index contributed by atoms with van der Waals surface area (Å²) >= 11 is 0. The van der Waals surface area contributed by atoms with Crippen molar-refractivity contribution in [2.24, 2.45) is 0 Å². The van der Waals surface area contributed by atoms with Crippen molar-refractivity contribution in [3.8, 4) is 11.1 Å². The number of piperidine rings is 1. The van der Waals surface area contributed by atoms with Gasteiger partial charge >= 0.3 is 0 Å². The van der Waals surface area contributed by atoms with Crippen molar-refractivity contribution in [3.05, 3.63) is 90.3 Å². The van der Waals surface area contributed by atoms with Crippen LogP contribution < -0.4 is 0 Å². The second kappa shape index (κ2) is 8.64. The minimum atomic E-state index is 0.110. The molecule has 0 bridgehead atoms. The van der Waals surface area contributed by atoms with Gasteiger partial charge in [0.2, 0.25) is 0 Å². The standard InChI is InChI=1S/C27H29N3O/c31-26(25-12-16-28-17-13-25)29-18-4-14-27(21-29)15-5-19-30(27)20-22-8-10-24(11-9-22)23-6-2-1-3-7-23/h1-3,6-13,16-17H,4-5,14-15,18-21H2. The molecule has 3 aromatic rings. The molecule has 1 aromatic heterocycles. The highest BCUT2D eigenvalue weighted by Gasteiger charge is 2.44. The predicted molar refractivity (Wildman–Crippen MR) is 124 cm³/mol. The van der Waals surface area contributed by atoms with Crippen LogP contribution in [0.25, 0.3) is 11.1 Å². The van der Waals surface area contributed by atoms with Crippen LogP contribution in [0.2, 0.25) is 0 Å². The second-order valence-corrected chi connectivity index (χ2v) is 8.88. The summed E-state index contributed by atoms with van der Waals surface area (Å²) in [4.78, 5) is 21.8. The fourth-order valence-corrected chi connectivity index (χ4v) is 5.32. The Labute approximate surface area is 184 Å². The molecule has 2 saturated heterocycles. The zero-order valence-corrected chi connectivity index (χ0v) is 17.9. The van der Waals surface area contributed by atoms with Crippen LogP contribution in [0.4, 0.5) is 0 Å². The molecule has 2 aliphatic rings. The number of nitrogens with zero attached hydrogens (tertiary/aromatic N) is 3. The third-order valence-corrected chi connectivity index (χ3v) is 6.95. The van der Waals surface area contributed by atoms with Crippen molar-refractivity contribution in [1.29, 1.82) is 0 Å². The summed E-state index contributed by atoms with van der Waals surface area (Å²) in [6.07, 6.45) is 8.03. The van der Waals surface area contributed by atoms with Gasteiger partial charge in [-0.2, -0.15) is 0 Å². The monoisotopic (exact) mass is 411 g/mol. The number of rotatable bonds is 4. The molecular formula is C27H29N3O. The number of carbonyl (C=O) groups excluding carboxylic acids is 1. The molecule has 0 aliphatic carbocycles. The highest BCUT2D eigenvalue weighted by atomic mass is 16.2. The number of hydrogen-bond donors (Lipinski definition) is 0. The molecule has 0 radical (unpaired) electrons. The lowest BCUT2D eigenvalue weighted by Crippen LogP contribution is -2.56. The maximum Gasteiger partial charge on any atom is 0.254 e. The number of pyridine rings is 1. The summed E-state index contributed by atoms with van der Waals surface area (Å²) in [5.41, 5.74) is 4.71. The first kappa shape index (κ1) is 20.0. The Hall–Kier alpha value is -2.98. The molecule has 2 fully saturated rings. The zero-order chi connectivity index (χ0) is 21.1. The van der Waals surface area contributed by atoms with E-state index in [2.05, 4.69) is 69.4 Å². The van der Waals surface area contributed by atoms with E-state index in [4.69, 9.17) is 0 Å². The largest absolute Gasteiger partial charge is 0.337 e. The van der Waals surface area contributed by atoms with E-state index >= 15 is 0 Å². The molecule has 5 rings (SSSR count). The molecule has 2 aromatic carbocycles. The Morgan fingerprint density at radius 2 is 1.52 bits per heavy atom. The molecule has 1 amide bonds. The molecule has 1 spiro atoms.